The molecule has 9 nitrogen and oxygen atoms in total. The maximum Gasteiger partial charge on any atom is 0.410 e. The Morgan fingerprint density at radius 2 is 1.88 bits per heavy atom. The Bertz CT molecular complexity index is 752. The largest absolute Gasteiger partial charge is 0.447 e. The lowest BCUT2D eigenvalue weighted by molar-refractivity contribution is 0.0344. The number of nitrogens with two attached hydrogens (primary N) is 2. The Morgan fingerprint density at radius 3 is 2.52 bits per heavy atom. The first-order chi connectivity index (χ1) is 15.9. The van der Waals surface area contributed by atoms with E-state index in [4.69, 9.17) is 16.3 Å². The maximum atomic E-state index is 12.1. The van der Waals surface area contributed by atoms with Crippen molar-refractivity contribution >= 4 is 23.7 Å². The summed E-state index contributed by atoms with van der Waals surface area (Å²) in [7, 11) is 1.90. The van der Waals surface area contributed by atoms with Crippen molar-refractivity contribution in [3.05, 3.63) is 23.8 Å². The number of hydrogen-bond donors (Lipinski definition) is 5. The van der Waals surface area contributed by atoms with Crippen LogP contribution in [0.2, 0.25) is 0 Å². The highest BCUT2D eigenvalue weighted by molar-refractivity contribution is 7.97. The molecule has 1 atom stereocenters. The lowest BCUT2D eigenvalue weighted by Crippen LogP contribution is -2.57. The maximum absolute atomic E-state index is 12.1. The smallest absolute Gasteiger partial charge is 0.410 e. The van der Waals surface area contributed by atoms with Gasteiger partial charge in [0, 0.05) is 41.3 Å². The van der Waals surface area contributed by atoms with Crippen LogP contribution in [0.4, 0.5) is 10.5 Å². The molecule has 1 unspecified atom stereocenters. The summed E-state index contributed by atoms with van der Waals surface area (Å²) < 4.78 is 8.43. The van der Waals surface area contributed by atoms with Crippen LogP contribution >= 0.6 is 11.9 Å². The Morgan fingerprint density at radius 1 is 1.18 bits per heavy atom. The van der Waals surface area contributed by atoms with Gasteiger partial charge in [-0.25, -0.2) is 10.2 Å². The molecule has 1 saturated heterocycles. The van der Waals surface area contributed by atoms with Gasteiger partial charge in [0.15, 0.2) is 0 Å². The molecule has 33 heavy (non-hydrogen) atoms. The van der Waals surface area contributed by atoms with Crippen molar-refractivity contribution in [2.75, 3.05) is 25.5 Å². The predicted molar refractivity (Wildman–Crippen MR) is 134 cm³/mol. The van der Waals surface area contributed by atoms with Crippen molar-refractivity contribution in [3.63, 3.8) is 0 Å². The van der Waals surface area contributed by atoms with Crippen LogP contribution in [0.1, 0.15) is 70.5 Å². The molecule has 1 aliphatic carbocycles. The molecular weight excluding hydrogens is 438 g/mol. The molecule has 7 N–H and O–H groups in total. The number of piperidine rings is 1. The number of amides is 1. The highest BCUT2D eigenvalue weighted by Crippen LogP contribution is 2.29. The van der Waals surface area contributed by atoms with E-state index in [1.54, 1.807) is 22.0 Å². The summed E-state index contributed by atoms with van der Waals surface area (Å²) in [6, 6.07) is 6.90. The van der Waals surface area contributed by atoms with Crippen LogP contribution in [0.5, 0.6) is 0 Å². The standard InChI is InChI=1S/C23H41N7O2S/c1-16(2)32-23(31)29-13-11-18(12-14-29)30(25)28-22(24)20-15-19(33-26-3)9-10-21(20)27-17-7-5-4-6-8-17/h9-10,15-18,22,26-28H,4-8,11-14,24-25H2,1-3H3. The predicted octanol–water partition coefficient (Wildman–Crippen LogP) is 3.30. The average Bonchev–Trinajstić information content (AvgIpc) is 2.80. The molecule has 0 radical (unpaired) electrons. The number of ether oxygens (including phenoxy) is 1. The number of nitrogens with one attached hydrogen (secondary N) is 3. The quantitative estimate of drug-likeness (QED) is 0.157. The normalized spacial score (nSPS) is 19.2. The van der Waals surface area contributed by atoms with E-state index < -0.39 is 6.17 Å². The number of rotatable bonds is 9. The van der Waals surface area contributed by atoms with E-state index in [-0.39, 0.29) is 18.2 Å². The highest BCUT2D eigenvalue weighted by atomic mass is 32.2. The molecule has 0 bridgehead atoms. The Balaban J connectivity index is 1.61. The number of carbonyl (C=O) groups is 1. The fourth-order valence-corrected chi connectivity index (χ4v) is 5.07. The van der Waals surface area contributed by atoms with Crippen molar-refractivity contribution in [1.29, 1.82) is 0 Å². The number of nitrogens with zero attached hydrogens (tertiary/aromatic N) is 2. The third kappa shape index (κ3) is 7.73. The van der Waals surface area contributed by atoms with E-state index in [9.17, 15) is 4.79 Å². The van der Waals surface area contributed by atoms with Gasteiger partial charge in [0.25, 0.3) is 0 Å². The molecule has 0 aromatic heterocycles. The third-order valence-corrected chi connectivity index (χ3v) is 6.98. The zero-order valence-corrected chi connectivity index (χ0v) is 21.0. The minimum Gasteiger partial charge on any atom is -0.447 e. The molecule has 2 fully saturated rings. The minimum absolute atomic E-state index is 0.0868. The van der Waals surface area contributed by atoms with Gasteiger partial charge in [-0.05, 0) is 76.7 Å². The molecule has 1 saturated carbocycles. The van der Waals surface area contributed by atoms with Gasteiger partial charge in [0.2, 0.25) is 0 Å². The number of hydrazine groups is 2. The van der Waals surface area contributed by atoms with E-state index in [1.165, 1.54) is 32.1 Å². The van der Waals surface area contributed by atoms with E-state index in [0.717, 1.165) is 29.0 Å². The molecule has 1 aromatic carbocycles. The van der Waals surface area contributed by atoms with E-state index in [2.05, 4.69) is 33.7 Å². The summed E-state index contributed by atoms with van der Waals surface area (Å²) in [5.41, 5.74) is 11.9. The summed E-state index contributed by atoms with van der Waals surface area (Å²) in [6.07, 6.45) is 6.92. The van der Waals surface area contributed by atoms with Gasteiger partial charge in [-0.3, -0.25) is 10.6 Å². The first kappa shape index (κ1) is 26.1. The number of anilines is 1. The summed E-state index contributed by atoms with van der Waals surface area (Å²) in [6.45, 7) is 4.95. The molecule has 3 rings (SSSR count). The number of likely N-dealkylation sites (tertiary alicyclic amines) is 1. The van der Waals surface area contributed by atoms with Crippen molar-refractivity contribution in [3.8, 4) is 0 Å². The molecule has 0 spiro atoms. The van der Waals surface area contributed by atoms with Crippen molar-refractivity contribution in [2.24, 2.45) is 11.6 Å². The lowest BCUT2D eigenvalue weighted by Gasteiger charge is -2.37. The van der Waals surface area contributed by atoms with Crippen molar-refractivity contribution < 1.29 is 9.53 Å². The first-order valence-electron chi connectivity index (χ1n) is 12.1. The summed E-state index contributed by atoms with van der Waals surface area (Å²) in [5, 5.41) is 5.34. The number of carbonyl (C=O) groups excluding carboxylic acids is 1. The van der Waals surface area contributed by atoms with E-state index in [0.29, 0.717) is 19.1 Å². The second-order valence-electron chi connectivity index (χ2n) is 9.20. The van der Waals surface area contributed by atoms with Crippen molar-refractivity contribution in [2.45, 2.75) is 88.0 Å². The van der Waals surface area contributed by atoms with Gasteiger partial charge in [0.05, 0.1) is 12.3 Å². The zero-order valence-electron chi connectivity index (χ0n) is 20.2. The SMILES string of the molecule is CNSc1ccc(NC2CCCCC2)c(C(N)NN(N)C2CCN(C(=O)OC(C)C)CC2)c1. The van der Waals surface area contributed by atoms with Gasteiger partial charge in [-0.15, -0.1) is 0 Å². The summed E-state index contributed by atoms with van der Waals surface area (Å²) in [5.74, 6) is 6.39. The molecule has 1 aliphatic heterocycles. The molecular formula is C23H41N7O2S. The molecule has 1 heterocycles. The van der Waals surface area contributed by atoms with Gasteiger partial charge < -0.3 is 20.7 Å². The van der Waals surface area contributed by atoms with Gasteiger partial charge >= 0.3 is 6.09 Å². The molecule has 186 valence electrons. The summed E-state index contributed by atoms with van der Waals surface area (Å²) in [4.78, 5) is 15.0. The first-order valence-corrected chi connectivity index (χ1v) is 12.9. The number of hydrogen-bond acceptors (Lipinski definition) is 9. The fourth-order valence-electron chi connectivity index (χ4n) is 4.52. The molecule has 10 heteroatoms. The van der Waals surface area contributed by atoms with Crippen LogP contribution in [-0.4, -0.2) is 54.4 Å². The highest BCUT2D eigenvalue weighted by Gasteiger charge is 2.28. The van der Waals surface area contributed by atoms with Crippen LogP contribution in [0.15, 0.2) is 23.1 Å². The van der Waals surface area contributed by atoms with E-state index in [1.807, 2.05) is 20.9 Å². The van der Waals surface area contributed by atoms with Crippen LogP contribution in [0.25, 0.3) is 0 Å². The third-order valence-electron chi connectivity index (χ3n) is 6.28. The van der Waals surface area contributed by atoms with Crippen LogP contribution in [0, 0.1) is 0 Å². The summed E-state index contributed by atoms with van der Waals surface area (Å²) >= 11 is 1.56. The zero-order chi connectivity index (χ0) is 23.8. The van der Waals surface area contributed by atoms with Gasteiger partial charge in [-0.2, -0.15) is 5.12 Å². The minimum atomic E-state index is -0.456. The van der Waals surface area contributed by atoms with Gasteiger partial charge in [-0.1, -0.05) is 19.3 Å². The van der Waals surface area contributed by atoms with Gasteiger partial charge in [0.1, 0.15) is 0 Å². The molecule has 1 aromatic rings. The van der Waals surface area contributed by atoms with Crippen LogP contribution in [-0.2, 0) is 4.74 Å². The van der Waals surface area contributed by atoms with Crippen LogP contribution < -0.4 is 27.0 Å². The Labute approximate surface area is 202 Å². The monoisotopic (exact) mass is 479 g/mol. The topological polar surface area (TPSA) is 121 Å². The molecule has 1 amide bonds. The van der Waals surface area contributed by atoms with Crippen molar-refractivity contribution in [1.82, 2.24) is 20.2 Å². The fraction of sp³-hybridized carbons (Fsp3) is 0.696. The average molecular weight is 480 g/mol. The Hall–Kier alpha value is -1.56. The second-order valence-corrected chi connectivity index (χ2v) is 10.3. The molecule has 2 aliphatic rings. The second kappa shape index (κ2) is 12.8. The van der Waals surface area contributed by atoms with Crippen LogP contribution in [0.3, 0.4) is 0 Å². The lowest BCUT2D eigenvalue weighted by atomic mass is 9.95. The number of benzene rings is 1. The Kier molecular flexibility index (Phi) is 10.1. The van der Waals surface area contributed by atoms with E-state index >= 15 is 0 Å².